The Morgan fingerprint density at radius 1 is 1.08 bits per heavy atom. The predicted molar refractivity (Wildman–Crippen MR) is 95.9 cm³/mol. The molecule has 0 aliphatic heterocycles. The van der Waals surface area contributed by atoms with E-state index in [4.69, 9.17) is 9.47 Å². The smallest absolute Gasteiger partial charge is 0.257 e. The number of rotatable bonds is 7. The number of carbonyl (C=O) groups is 1. The molecule has 0 atom stereocenters. The number of hydrogen-bond donors (Lipinski definition) is 1. The molecule has 24 heavy (non-hydrogen) atoms. The molecule has 0 unspecified atom stereocenters. The van der Waals surface area contributed by atoms with Crippen molar-refractivity contribution >= 4 is 5.91 Å². The lowest BCUT2D eigenvalue weighted by Crippen LogP contribution is -2.30. The van der Waals surface area contributed by atoms with Gasteiger partial charge in [-0.3, -0.25) is 4.79 Å². The molecule has 0 bridgehead atoms. The van der Waals surface area contributed by atoms with Gasteiger partial charge in [-0.15, -0.1) is 0 Å². The van der Waals surface area contributed by atoms with E-state index in [1.54, 1.807) is 7.11 Å². The van der Waals surface area contributed by atoms with Gasteiger partial charge in [-0.2, -0.15) is 0 Å². The number of ether oxygens (including phenoxy) is 2. The average Bonchev–Trinajstić information content (AvgIpc) is 2.57. The fourth-order valence-corrected chi connectivity index (χ4v) is 2.59. The molecule has 0 saturated heterocycles. The van der Waals surface area contributed by atoms with Crippen LogP contribution in [0.1, 0.15) is 22.3 Å². The number of hydrogen-bond acceptors (Lipinski definition) is 3. The summed E-state index contributed by atoms with van der Waals surface area (Å²) in [5.41, 5.74) is 4.44. The first-order chi connectivity index (χ1) is 11.5. The largest absolute Gasteiger partial charge is 0.496 e. The van der Waals surface area contributed by atoms with Gasteiger partial charge in [0.2, 0.25) is 0 Å². The summed E-state index contributed by atoms with van der Waals surface area (Å²) in [4.78, 5) is 12.0. The van der Waals surface area contributed by atoms with E-state index in [-0.39, 0.29) is 12.5 Å². The standard InChI is InChI=1S/C20H25NO3/c1-14-11-15(2)16(3)19(12-14)24-13-20(22)21-10-9-17-7-5-6-8-18(17)23-4/h5-8,11-12H,9-10,13H2,1-4H3,(H,21,22). The van der Waals surface area contributed by atoms with Crippen LogP contribution >= 0.6 is 0 Å². The van der Waals surface area contributed by atoms with Gasteiger partial charge in [0.1, 0.15) is 11.5 Å². The van der Waals surface area contributed by atoms with E-state index < -0.39 is 0 Å². The molecule has 1 amide bonds. The third kappa shape index (κ3) is 4.75. The summed E-state index contributed by atoms with van der Waals surface area (Å²) in [5, 5.41) is 2.88. The predicted octanol–water partition coefficient (Wildman–Crippen LogP) is 3.36. The van der Waals surface area contributed by atoms with Gasteiger partial charge in [-0.1, -0.05) is 24.3 Å². The van der Waals surface area contributed by atoms with E-state index >= 15 is 0 Å². The van der Waals surface area contributed by atoms with Crippen molar-refractivity contribution in [2.24, 2.45) is 0 Å². The number of aryl methyl sites for hydroxylation is 2. The molecule has 0 heterocycles. The van der Waals surface area contributed by atoms with Crippen LogP contribution in [0.3, 0.4) is 0 Å². The van der Waals surface area contributed by atoms with Crippen LogP contribution in [0.2, 0.25) is 0 Å². The number of amides is 1. The molecule has 0 aromatic heterocycles. The van der Waals surface area contributed by atoms with Gasteiger partial charge < -0.3 is 14.8 Å². The minimum absolute atomic E-state index is 0.0235. The lowest BCUT2D eigenvalue weighted by molar-refractivity contribution is -0.123. The summed E-state index contributed by atoms with van der Waals surface area (Å²) >= 11 is 0. The third-order valence-corrected chi connectivity index (χ3v) is 4.03. The quantitative estimate of drug-likeness (QED) is 0.848. The average molecular weight is 327 g/mol. The van der Waals surface area contributed by atoms with Crippen LogP contribution in [-0.4, -0.2) is 26.2 Å². The highest BCUT2D eigenvalue weighted by atomic mass is 16.5. The van der Waals surface area contributed by atoms with Crippen LogP contribution < -0.4 is 14.8 Å². The maximum absolute atomic E-state index is 12.0. The molecular formula is C20H25NO3. The van der Waals surface area contributed by atoms with Gasteiger partial charge in [0.25, 0.3) is 5.91 Å². The van der Waals surface area contributed by atoms with Crippen LogP contribution in [0.15, 0.2) is 36.4 Å². The highest BCUT2D eigenvalue weighted by molar-refractivity contribution is 5.77. The third-order valence-electron chi connectivity index (χ3n) is 4.03. The fraction of sp³-hybridized carbons (Fsp3) is 0.350. The molecular weight excluding hydrogens is 302 g/mol. The lowest BCUT2D eigenvalue weighted by Gasteiger charge is -2.13. The molecule has 0 fully saturated rings. The first kappa shape index (κ1) is 17.9. The molecule has 0 aliphatic carbocycles. The Bertz CT molecular complexity index is 710. The van der Waals surface area contributed by atoms with E-state index in [0.29, 0.717) is 6.54 Å². The molecule has 128 valence electrons. The van der Waals surface area contributed by atoms with Crippen LogP contribution in [0.5, 0.6) is 11.5 Å². The first-order valence-corrected chi connectivity index (χ1v) is 8.10. The molecule has 0 spiro atoms. The molecule has 0 saturated carbocycles. The second kappa shape index (κ2) is 8.39. The maximum Gasteiger partial charge on any atom is 0.257 e. The monoisotopic (exact) mass is 327 g/mol. The van der Waals surface area contributed by atoms with E-state index in [2.05, 4.69) is 11.4 Å². The highest BCUT2D eigenvalue weighted by Gasteiger charge is 2.08. The van der Waals surface area contributed by atoms with Gasteiger partial charge in [0.15, 0.2) is 6.61 Å². The van der Waals surface area contributed by atoms with Crippen LogP contribution in [0.25, 0.3) is 0 Å². The Balaban J connectivity index is 1.82. The van der Waals surface area contributed by atoms with Gasteiger partial charge in [-0.05, 0) is 61.6 Å². The second-order valence-corrected chi connectivity index (χ2v) is 5.91. The van der Waals surface area contributed by atoms with E-state index in [1.807, 2.05) is 51.1 Å². The van der Waals surface area contributed by atoms with Gasteiger partial charge in [-0.25, -0.2) is 0 Å². The van der Waals surface area contributed by atoms with E-state index in [9.17, 15) is 4.79 Å². The van der Waals surface area contributed by atoms with Crippen LogP contribution in [-0.2, 0) is 11.2 Å². The molecule has 1 N–H and O–H groups in total. The summed E-state index contributed by atoms with van der Waals surface area (Å²) in [6, 6.07) is 11.9. The summed E-state index contributed by atoms with van der Waals surface area (Å²) in [6.07, 6.45) is 0.721. The molecule has 2 aromatic rings. The number of para-hydroxylation sites is 1. The van der Waals surface area contributed by atoms with Gasteiger partial charge in [0.05, 0.1) is 7.11 Å². The zero-order valence-corrected chi connectivity index (χ0v) is 14.8. The van der Waals surface area contributed by atoms with E-state index in [1.165, 1.54) is 5.56 Å². The molecule has 2 aromatic carbocycles. The van der Waals surface area contributed by atoms with Gasteiger partial charge >= 0.3 is 0 Å². The fourth-order valence-electron chi connectivity index (χ4n) is 2.59. The zero-order chi connectivity index (χ0) is 17.5. The van der Waals surface area contributed by atoms with E-state index in [0.717, 1.165) is 34.6 Å². The number of methoxy groups -OCH3 is 1. The number of nitrogens with one attached hydrogen (secondary N) is 1. The molecule has 4 nitrogen and oxygen atoms in total. The van der Waals surface area contributed by atoms with Crippen molar-refractivity contribution in [3.05, 3.63) is 58.7 Å². The molecule has 2 rings (SSSR count). The zero-order valence-electron chi connectivity index (χ0n) is 14.8. The minimum atomic E-state index is -0.122. The van der Waals surface area contributed by atoms with Crippen molar-refractivity contribution in [1.29, 1.82) is 0 Å². The Morgan fingerprint density at radius 2 is 1.83 bits per heavy atom. The summed E-state index contributed by atoms with van der Waals surface area (Å²) in [5.74, 6) is 1.49. The van der Waals surface area contributed by atoms with Crippen LogP contribution in [0, 0.1) is 20.8 Å². The topological polar surface area (TPSA) is 47.6 Å². The van der Waals surface area contributed by atoms with Crippen molar-refractivity contribution in [2.45, 2.75) is 27.2 Å². The normalized spacial score (nSPS) is 10.3. The minimum Gasteiger partial charge on any atom is -0.496 e. The van der Waals surface area contributed by atoms with Crippen molar-refractivity contribution in [3.63, 3.8) is 0 Å². The van der Waals surface area contributed by atoms with Crippen molar-refractivity contribution in [3.8, 4) is 11.5 Å². The first-order valence-electron chi connectivity index (χ1n) is 8.10. The Morgan fingerprint density at radius 3 is 2.58 bits per heavy atom. The second-order valence-electron chi connectivity index (χ2n) is 5.91. The lowest BCUT2D eigenvalue weighted by atomic mass is 10.1. The highest BCUT2D eigenvalue weighted by Crippen LogP contribution is 2.23. The Hall–Kier alpha value is -2.49. The summed E-state index contributed by atoms with van der Waals surface area (Å²) in [7, 11) is 1.65. The molecule has 0 radical (unpaired) electrons. The molecule has 0 aliphatic rings. The van der Waals surface area contributed by atoms with Crippen molar-refractivity contribution in [2.75, 3.05) is 20.3 Å². The van der Waals surface area contributed by atoms with Gasteiger partial charge in [0, 0.05) is 6.54 Å². The Labute approximate surface area is 143 Å². The Kier molecular flexibility index (Phi) is 6.24. The number of carbonyl (C=O) groups excluding carboxylic acids is 1. The summed E-state index contributed by atoms with van der Waals surface area (Å²) < 4.78 is 11.0. The maximum atomic E-state index is 12.0. The summed E-state index contributed by atoms with van der Waals surface area (Å²) in [6.45, 7) is 6.64. The molecule has 4 heteroatoms. The van der Waals surface area contributed by atoms with Crippen molar-refractivity contribution < 1.29 is 14.3 Å². The SMILES string of the molecule is COc1ccccc1CCNC(=O)COc1cc(C)cc(C)c1C. The van der Waals surface area contributed by atoms with Crippen LogP contribution in [0.4, 0.5) is 0 Å². The number of benzene rings is 2. The van der Waals surface area contributed by atoms with Crippen molar-refractivity contribution in [1.82, 2.24) is 5.32 Å².